The molecule has 1 atom stereocenters. The van der Waals surface area contributed by atoms with Crippen molar-refractivity contribution in [3.63, 3.8) is 0 Å². The number of nitrogens with zero attached hydrogens (tertiary/aromatic N) is 2. The van der Waals surface area contributed by atoms with Gasteiger partial charge in [-0.25, -0.2) is 5.10 Å². The predicted molar refractivity (Wildman–Crippen MR) is 78.8 cm³/mol. The maximum Gasteiger partial charge on any atom is 0.226 e. The number of H-pyrrole nitrogens is 1. The molecule has 2 aromatic rings. The summed E-state index contributed by atoms with van der Waals surface area (Å²) in [5.74, 6) is 1.17. The van der Waals surface area contributed by atoms with Gasteiger partial charge in [-0.05, 0) is 18.6 Å². The molecule has 1 heterocycles. The molecule has 0 spiro atoms. The standard InChI is InChI=1S/C14H18N4O4/c1-21-9-3-4-10(12(7-9)22-2)11(19)5-6-13(20)17-14-15-8-16-18-14/h3-4,7-8,11,19H,5-6H2,1-2H3,(H2,15,16,17,18,20). The van der Waals surface area contributed by atoms with Crippen LogP contribution in [-0.4, -0.2) is 40.4 Å². The highest BCUT2D eigenvalue weighted by molar-refractivity contribution is 5.88. The topological polar surface area (TPSA) is 109 Å². The van der Waals surface area contributed by atoms with E-state index in [1.54, 1.807) is 25.3 Å². The second kappa shape index (κ2) is 7.41. The number of aromatic nitrogens is 3. The number of anilines is 1. The lowest BCUT2D eigenvalue weighted by Gasteiger charge is -2.15. The summed E-state index contributed by atoms with van der Waals surface area (Å²) in [6.07, 6.45) is 0.869. The molecule has 8 nitrogen and oxygen atoms in total. The maximum absolute atomic E-state index is 11.7. The van der Waals surface area contributed by atoms with Crippen molar-refractivity contribution in [1.29, 1.82) is 0 Å². The normalized spacial score (nSPS) is 11.8. The summed E-state index contributed by atoms with van der Waals surface area (Å²) in [6.45, 7) is 0. The van der Waals surface area contributed by atoms with E-state index in [1.807, 2.05) is 0 Å². The second-order valence-electron chi connectivity index (χ2n) is 4.54. The van der Waals surface area contributed by atoms with Crippen LogP contribution in [0.4, 0.5) is 5.95 Å². The van der Waals surface area contributed by atoms with Gasteiger partial charge in [0.15, 0.2) is 0 Å². The van der Waals surface area contributed by atoms with E-state index in [4.69, 9.17) is 9.47 Å². The molecule has 1 unspecified atom stereocenters. The molecule has 0 saturated carbocycles. The lowest BCUT2D eigenvalue weighted by molar-refractivity contribution is -0.116. The highest BCUT2D eigenvalue weighted by atomic mass is 16.5. The van der Waals surface area contributed by atoms with E-state index in [-0.39, 0.29) is 24.7 Å². The zero-order valence-electron chi connectivity index (χ0n) is 12.4. The summed E-state index contributed by atoms with van der Waals surface area (Å²) >= 11 is 0. The van der Waals surface area contributed by atoms with Gasteiger partial charge in [-0.15, -0.1) is 0 Å². The first kappa shape index (κ1) is 15.8. The van der Waals surface area contributed by atoms with Crippen molar-refractivity contribution in [2.45, 2.75) is 18.9 Å². The minimum Gasteiger partial charge on any atom is -0.497 e. The van der Waals surface area contributed by atoms with Gasteiger partial charge in [0.05, 0.1) is 20.3 Å². The van der Waals surface area contributed by atoms with Gasteiger partial charge < -0.3 is 14.6 Å². The van der Waals surface area contributed by atoms with E-state index in [2.05, 4.69) is 20.5 Å². The molecule has 0 fully saturated rings. The summed E-state index contributed by atoms with van der Waals surface area (Å²) in [7, 11) is 3.07. The number of hydrogen-bond donors (Lipinski definition) is 3. The van der Waals surface area contributed by atoms with Crippen LogP contribution in [0.3, 0.4) is 0 Å². The summed E-state index contributed by atoms with van der Waals surface area (Å²) in [5, 5.41) is 18.9. The van der Waals surface area contributed by atoms with Crippen LogP contribution in [0.1, 0.15) is 24.5 Å². The molecule has 0 radical (unpaired) electrons. The molecule has 1 amide bonds. The van der Waals surface area contributed by atoms with Gasteiger partial charge in [0.25, 0.3) is 0 Å². The van der Waals surface area contributed by atoms with Gasteiger partial charge in [0.2, 0.25) is 11.9 Å². The van der Waals surface area contributed by atoms with Crippen LogP contribution in [0.2, 0.25) is 0 Å². The first-order chi connectivity index (χ1) is 10.6. The van der Waals surface area contributed by atoms with Gasteiger partial charge in [0, 0.05) is 18.1 Å². The van der Waals surface area contributed by atoms with Gasteiger partial charge in [-0.3, -0.25) is 10.1 Å². The Balaban J connectivity index is 1.94. The molecule has 3 N–H and O–H groups in total. The molecule has 8 heteroatoms. The molecular formula is C14H18N4O4. The number of carbonyl (C=O) groups excluding carboxylic acids is 1. The van der Waals surface area contributed by atoms with Crippen molar-refractivity contribution in [2.24, 2.45) is 0 Å². The molecule has 0 aliphatic carbocycles. The van der Waals surface area contributed by atoms with Crippen LogP contribution in [0.15, 0.2) is 24.5 Å². The Morgan fingerprint density at radius 1 is 1.41 bits per heavy atom. The molecule has 2 rings (SSSR count). The predicted octanol–water partition coefficient (Wildman–Crippen LogP) is 1.27. The van der Waals surface area contributed by atoms with Crippen molar-refractivity contribution < 1.29 is 19.4 Å². The monoisotopic (exact) mass is 306 g/mol. The third-order valence-corrected chi connectivity index (χ3v) is 3.12. The van der Waals surface area contributed by atoms with Crippen LogP contribution in [0.25, 0.3) is 0 Å². The fourth-order valence-electron chi connectivity index (χ4n) is 1.98. The number of hydrogen-bond acceptors (Lipinski definition) is 6. The Morgan fingerprint density at radius 3 is 2.86 bits per heavy atom. The van der Waals surface area contributed by atoms with Crippen LogP contribution in [-0.2, 0) is 4.79 Å². The number of nitrogens with one attached hydrogen (secondary N) is 2. The second-order valence-corrected chi connectivity index (χ2v) is 4.54. The Hall–Kier alpha value is -2.61. The number of methoxy groups -OCH3 is 2. The number of benzene rings is 1. The molecule has 0 aliphatic rings. The van der Waals surface area contributed by atoms with Crippen molar-refractivity contribution in [1.82, 2.24) is 15.2 Å². The van der Waals surface area contributed by atoms with E-state index in [0.29, 0.717) is 17.1 Å². The van der Waals surface area contributed by atoms with Crippen LogP contribution in [0.5, 0.6) is 11.5 Å². The third kappa shape index (κ3) is 3.95. The average Bonchev–Trinajstić information content (AvgIpc) is 3.04. The molecule has 0 aliphatic heterocycles. The van der Waals surface area contributed by atoms with Crippen molar-refractivity contribution in [3.05, 3.63) is 30.1 Å². The lowest BCUT2D eigenvalue weighted by Crippen LogP contribution is -2.14. The zero-order valence-corrected chi connectivity index (χ0v) is 12.4. The van der Waals surface area contributed by atoms with Crippen molar-refractivity contribution in [2.75, 3.05) is 19.5 Å². The third-order valence-electron chi connectivity index (χ3n) is 3.12. The largest absolute Gasteiger partial charge is 0.497 e. The summed E-state index contributed by atoms with van der Waals surface area (Å²) < 4.78 is 10.3. The highest BCUT2D eigenvalue weighted by Crippen LogP contribution is 2.31. The SMILES string of the molecule is COc1ccc(C(O)CCC(=O)Nc2ncn[nH]2)c(OC)c1. The minimum atomic E-state index is -0.818. The molecular weight excluding hydrogens is 288 g/mol. The fourth-order valence-corrected chi connectivity index (χ4v) is 1.98. The molecule has 0 saturated heterocycles. The number of carbonyl (C=O) groups is 1. The maximum atomic E-state index is 11.7. The van der Waals surface area contributed by atoms with Gasteiger partial charge in [0.1, 0.15) is 17.8 Å². The molecule has 1 aromatic carbocycles. The number of amides is 1. The van der Waals surface area contributed by atoms with Crippen molar-refractivity contribution >= 4 is 11.9 Å². The van der Waals surface area contributed by atoms with Gasteiger partial charge in [-0.1, -0.05) is 0 Å². The molecule has 1 aromatic heterocycles. The van der Waals surface area contributed by atoms with E-state index in [9.17, 15) is 9.90 Å². The van der Waals surface area contributed by atoms with Crippen LogP contribution >= 0.6 is 0 Å². The number of aliphatic hydroxyl groups is 1. The Morgan fingerprint density at radius 2 is 2.23 bits per heavy atom. The first-order valence-electron chi connectivity index (χ1n) is 6.69. The molecule has 118 valence electrons. The lowest BCUT2D eigenvalue weighted by atomic mass is 10.0. The van der Waals surface area contributed by atoms with Crippen LogP contribution in [0, 0.1) is 0 Å². The van der Waals surface area contributed by atoms with E-state index in [0.717, 1.165) is 0 Å². The van der Waals surface area contributed by atoms with Gasteiger partial charge in [-0.2, -0.15) is 10.1 Å². The van der Waals surface area contributed by atoms with Crippen molar-refractivity contribution in [3.8, 4) is 11.5 Å². The minimum absolute atomic E-state index is 0.136. The number of ether oxygens (including phenoxy) is 2. The highest BCUT2D eigenvalue weighted by Gasteiger charge is 2.16. The quantitative estimate of drug-likeness (QED) is 0.711. The number of rotatable bonds is 7. The zero-order chi connectivity index (χ0) is 15.9. The van der Waals surface area contributed by atoms with E-state index < -0.39 is 6.10 Å². The van der Waals surface area contributed by atoms with Gasteiger partial charge >= 0.3 is 0 Å². The molecule has 0 bridgehead atoms. The fraction of sp³-hybridized carbons (Fsp3) is 0.357. The Labute approximate surface area is 127 Å². The van der Waals surface area contributed by atoms with E-state index >= 15 is 0 Å². The smallest absolute Gasteiger partial charge is 0.226 e. The summed E-state index contributed by atoms with van der Waals surface area (Å²) in [6, 6.07) is 5.14. The van der Waals surface area contributed by atoms with E-state index in [1.165, 1.54) is 13.4 Å². The molecule has 22 heavy (non-hydrogen) atoms. The number of aliphatic hydroxyl groups excluding tert-OH is 1. The number of aromatic amines is 1. The first-order valence-corrected chi connectivity index (χ1v) is 6.69. The average molecular weight is 306 g/mol. The summed E-state index contributed by atoms with van der Waals surface area (Å²) in [4.78, 5) is 15.5. The van der Waals surface area contributed by atoms with Crippen LogP contribution < -0.4 is 14.8 Å². The Kier molecular flexibility index (Phi) is 5.31. The Bertz CT molecular complexity index is 615. The summed E-state index contributed by atoms with van der Waals surface area (Å²) in [5.41, 5.74) is 0.607.